The molecule has 0 aromatic carbocycles. The molecule has 0 aliphatic rings. The van der Waals surface area contributed by atoms with Crippen molar-refractivity contribution in [2.75, 3.05) is 6.61 Å². The van der Waals surface area contributed by atoms with Gasteiger partial charge in [-0.2, -0.15) is 0 Å². The summed E-state index contributed by atoms with van der Waals surface area (Å²) in [7, 11) is 0. The fourth-order valence-electron chi connectivity index (χ4n) is 0.256. The van der Waals surface area contributed by atoms with E-state index in [0.29, 0.717) is 6.29 Å². The maximum absolute atomic E-state index is 10.2. The zero-order chi connectivity index (χ0) is 7.11. The highest BCUT2D eigenvalue weighted by molar-refractivity contribution is 5.93. The third-order valence-electron chi connectivity index (χ3n) is 0.509. The van der Waals surface area contributed by atoms with Gasteiger partial charge in [-0.15, -0.1) is 0 Å². The second-order valence-electron chi connectivity index (χ2n) is 1.11. The van der Waals surface area contributed by atoms with Crippen LogP contribution in [-0.4, -0.2) is 18.9 Å². The molecule has 3 nitrogen and oxygen atoms in total. The normalized spacial score (nSPS) is 6.78. The quantitative estimate of drug-likeness (QED) is 0.210. The summed E-state index contributed by atoms with van der Waals surface area (Å²) in [5.41, 5.74) is 0. The molecule has 9 heavy (non-hydrogen) atoms. The summed E-state index contributed by atoms with van der Waals surface area (Å²) in [6.45, 7) is 1.95. The molecule has 0 rings (SSSR count). The average molecular weight is 126 g/mol. The Kier molecular flexibility index (Phi) is 4.15. The monoisotopic (exact) mass is 126 g/mol. The van der Waals surface area contributed by atoms with Crippen molar-refractivity contribution in [3.63, 3.8) is 0 Å². The van der Waals surface area contributed by atoms with Gasteiger partial charge in [-0.05, 0) is 12.8 Å². The first kappa shape index (κ1) is 7.70. The first-order chi connectivity index (χ1) is 4.31. The zero-order valence-electron chi connectivity index (χ0n) is 5.01. The topological polar surface area (TPSA) is 43.4 Å². The van der Waals surface area contributed by atoms with Gasteiger partial charge in [0, 0.05) is 5.92 Å². The van der Waals surface area contributed by atoms with Crippen LogP contribution in [0.25, 0.3) is 0 Å². The highest BCUT2D eigenvalue weighted by Gasteiger charge is 1.89. The van der Waals surface area contributed by atoms with Crippen molar-refractivity contribution < 1.29 is 14.3 Å². The summed E-state index contributed by atoms with van der Waals surface area (Å²) in [6.07, 6.45) is 0.344. The Morgan fingerprint density at radius 3 is 2.89 bits per heavy atom. The SMILES string of the molecule is CCOC(=O)C#CC=O. The van der Waals surface area contributed by atoms with E-state index in [1.165, 1.54) is 0 Å². The molecule has 0 bridgehead atoms. The summed E-state index contributed by atoms with van der Waals surface area (Å²) in [4.78, 5) is 19.8. The third kappa shape index (κ3) is 4.56. The van der Waals surface area contributed by atoms with Gasteiger partial charge in [0.15, 0.2) is 6.29 Å². The van der Waals surface area contributed by atoms with Gasteiger partial charge < -0.3 is 4.74 Å². The summed E-state index contributed by atoms with van der Waals surface area (Å²) in [6, 6.07) is 0. The van der Waals surface area contributed by atoms with Crippen molar-refractivity contribution in [2.45, 2.75) is 6.92 Å². The van der Waals surface area contributed by atoms with Crippen LogP contribution >= 0.6 is 0 Å². The summed E-state index contributed by atoms with van der Waals surface area (Å²) >= 11 is 0. The number of hydrogen-bond acceptors (Lipinski definition) is 3. The lowest BCUT2D eigenvalue weighted by atomic mass is 10.6. The van der Waals surface area contributed by atoms with Gasteiger partial charge >= 0.3 is 5.97 Å². The summed E-state index contributed by atoms with van der Waals surface area (Å²) in [5, 5.41) is 0. The molecule has 0 saturated carbocycles. The van der Waals surface area contributed by atoms with Crippen LogP contribution in [0.3, 0.4) is 0 Å². The second kappa shape index (κ2) is 4.85. The Morgan fingerprint density at radius 1 is 1.78 bits per heavy atom. The first-order valence-electron chi connectivity index (χ1n) is 2.43. The van der Waals surface area contributed by atoms with Gasteiger partial charge in [0.05, 0.1) is 6.61 Å². The van der Waals surface area contributed by atoms with E-state index in [9.17, 15) is 9.59 Å². The number of rotatable bonds is 1. The molecule has 0 heterocycles. The summed E-state index contributed by atoms with van der Waals surface area (Å²) in [5.74, 6) is 3.22. The van der Waals surface area contributed by atoms with Crippen LogP contribution in [0.4, 0.5) is 0 Å². The Labute approximate surface area is 53.0 Å². The molecule has 0 amide bonds. The minimum absolute atomic E-state index is 0.284. The van der Waals surface area contributed by atoms with Gasteiger partial charge in [0.25, 0.3) is 0 Å². The predicted octanol–water partition coefficient (Wildman–Crippen LogP) is -0.248. The molecule has 0 atom stereocenters. The van der Waals surface area contributed by atoms with E-state index in [4.69, 9.17) is 0 Å². The standard InChI is InChI=1S/C6H6O3/c1-2-9-6(8)4-3-5-7/h5H,2H2,1H3. The molecule has 0 fully saturated rings. The number of carbonyl (C=O) groups excluding carboxylic acids is 2. The van der Waals surface area contributed by atoms with Crippen molar-refractivity contribution >= 4 is 12.3 Å². The van der Waals surface area contributed by atoms with Crippen LogP contribution in [0.2, 0.25) is 0 Å². The van der Waals surface area contributed by atoms with E-state index < -0.39 is 5.97 Å². The number of carbonyl (C=O) groups is 2. The van der Waals surface area contributed by atoms with Crippen LogP contribution in [0, 0.1) is 11.8 Å². The number of aldehydes is 1. The summed E-state index contributed by atoms with van der Waals surface area (Å²) < 4.78 is 4.37. The Hall–Kier alpha value is -1.30. The Morgan fingerprint density at radius 2 is 2.44 bits per heavy atom. The molecule has 0 aliphatic heterocycles. The Balaban J connectivity index is 3.62. The van der Waals surface area contributed by atoms with Crippen molar-refractivity contribution in [1.29, 1.82) is 0 Å². The maximum atomic E-state index is 10.2. The number of esters is 1. The molecular weight excluding hydrogens is 120 g/mol. The molecule has 0 radical (unpaired) electrons. The van der Waals surface area contributed by atoms with E-state index in [1.807, 2.05) is 11.8 Å². The molecule has 0 N–H and O–H groups in total. The fourth-order valence-corrected chi connectivity index (χ4v) is 0.256. The molecular formula is C6H6O3. The van der Waals surface area contributed by atoms with Crippen LogP contribution in [0.15, 0.2) is 0 Å². The average Bonchev–Trinajstić information content (AvgIpc) is 1.85. The Bertz CT molecular complexity index is 161. The van der Waals surface area contributed by atoms with Crippen molar-refractivity contribution in [3.05, 3.63) is 0 Å². The number of hydrogen-bond donors (Lipinski definition) is 0. The minimum atomic E-state index is -0.662. The van der Waals surface area contributed by atoms with Crippen LogP contribution < -0.4 is 0 Å². The van der Waals surface area contributed by atoms with Crippen molar-refractivity contribution in [2.24, 2.45) is 0 Å². The van der Waals surface area contributed by atoms with Gasteiger partial charge in [-0.25, -0.2) is 4.79 Å². The molecule has 0 spiro atoms. The van der Waals surface area contributed by atoms with Gasteiger partial charge in [0.2, 0.25) is 0 Å². The lowest BCUT2D eigenvalue weighted by Gasteiger charge is -1.89. The van der Waals surface area contributed by atoms with Gasteiger partial charge in [-0.3, -0.25) is 4.79 Å². The molecule has 0 aromatic rings. The first-order valence-corrected chi connectivity index (χ1v) is 2.43. The van der Waals surface area contributed by atoms with Crippen molar-refractivity contribution in [3.8, 4) is 11.8 Å². The lowest BCUT2D eigenvalue weighted by Crippen LogP contribution is -1.99. The van der Waals surface area contributed by atoms with Crippen molar-refractivity contribution in [1.82, 2.24) is 0 Å². The van der Waals surface area contributed by atoms with Crippen LogP contribution in [0.1, 0.15) is 6.92 Å². The van der Waals surface area contributed by atoms with Gasteiger partial charge in [0.1, 0.15) is 0 Å². The van der Waals surface area contributed by atoms with Crippen LogP contribution in [0.5, 0.6) is 0 Å². The zero-order valence-corrected chi connectivity index (χ0v) is 5.01. The lowest BCUT2D eigenvalue weighted by molar-refractivity contribution is -0.136. The van der Waals surface area contributed by atoms with Crippen LogP contribution in [-0.2, 0) is 14.3 Å². The molecule has 0 unspecified atom stereocenters. The highest BCUT2D eigenvalue weighted by Crippen LogP contribution is 1.71. The van der Waals surface area contributed by atoms with E-state index in [2.05, 4.69) is 4.74 Å². The smallest absolute Gasteiger partial charge is 0.384 e. The molecule has 48 valence electrons. The second-order valence-corrected chi connectivity index (χ2v) is 1.11. The highest BCUT2D eigenvalue weighted by atomic mass is 16.5. The maximum Gasteiger partial charge on any atom is 0.384 e. The predicted molar refractivity (Wildman–Crippen MR) is 30.5 cm³/mol. The molecule has 0 aromatic heterocycles. The van der Waals surface area contributed by atoms with E-state index in [0.717, 1.165) is 0 Å². The minimum Gasteiger partial charge on any atom is -0.456 e. The van der Waals surface area contributed by atoms with Gasteiger partial charge in [-0.1, -0.05) is 0 Å². The largest absolute Gasteiger partial charge is 0.456 e. The van der Waals surface area contributed by atoms with E-state index in [1.54, 1.807) is 6.92 Å². The molecule has 0 saturated heterocycles. The van der Waals surface area contributed by atoms with E-state index >= 15 is 0 Å². The molecule has 3 heteroatoms. The third-order valence-corrected chi connectivity index (χ3v) is 0.509. The number of ether oxygens (including phenoxy) is 1. The fraction of sp³-hybridized carbons (Fsp3) is 0.333. The molecule has 0 aliphatic carbocycles. The van der Waals surface area contributed by atoms with E-state index in [-0.39, 0.29) is 6.61 Å².